The molecule has 2 aliphatic rings. The van der Waals surface area contributed by atoms with Crippen molar-refractivity contribution in [1.29, 1.82) is 0 Å². The number of ether oxygens (including phenoxy) is 2. The van der Waals surface area contributed by atoms with E-state index in [9.17, 15) is 9.90 Å². The highest BCUT2D eigenvalue weighted by Crippen LogP contribution is 2.38. The van der Waals surface area contributed by atoms with Crippen molar-refractivity contribution in [1.82, 2.24) is 4.90 Å². The van der Waals surface area contributed by atoms with Crippen LogP contribution in [0.3, 0.4) is 0 Å². The fourth-order valence-electron chi connectivity index (χ4n) is 3.13. The smallest absolute Gasteiger partial charge is 0.256 e. The molecular weight excluding hydrogens is 284 g/mol. The van der Waals surface area contributed by atoms with Gasteiger partial charge in [-0.15, -0.1) is 0 Å². The average molecular weight is 304 g/mol. The maximum absolute atomic E-state index is 12.9. The molecule has 0 aromatic heterocycles. The van der Waals surface area contributed by atoms with Gasteiger partial charge in [0.2, 0.25) is 0 Å². The van der Waals surface area contributed by atoms with Gasteiger partial charge in [0.25, 0.3) is 5.91 Å². The molecule has 1 fully saturated rings. The summed E-state index contributed by atoms with van der Waals surface area (Å²) >= 11 is 0. The molecule has 0 spiro atoms. The minimum Gasteiger partial charge on any atom is -0.504 e. The topological polar surface area (TPSA) is 71.0 Å². The molecule has 1 amide bonds. The zero-order valence-corrected chi connectivity index (χ0v) is 12.9. The van der Waals surface area contributed by atoms with E-state index in [2.05, 4.69) is 5.32 Å². The Balaban J connectivity index is 2.09. The highest BCUT2D eigenvalue weighted by atomic mass is 16.5. The van der Waals surface area contributed by atoms with E-state index >= 15 is 0 Å². The van der Waals surface area contributed by atoms with Crippen LogP contribution in [0.25, 0.3) is 0 Å². The lowest BCUT2D eigenvalue weighted by atomic mass is 10.1. The van der Waals surface area contributed by atoms with Gasteiger partial charge in [-0.3, -0.25) is 4.79 Å². The summed E-state index contributed by atoms with van der Waals surface area (Å²) in [4.78, 5) is 14.7. The monoisotopic (exact) mass is 304 g/mol. The summed E-state index contributed by atoms with van der Waals surface area (Å²) in [6.07, 6.45) is 2.51. The Morgan fingerprint density at radius 3 is 2.82 bits per heavy atom. The Hall–Kier alpha value is -2.21. The molecule has 2 aliphatic heterocycles. The van der Waals surface area contributed by atoms with Crippen molar-refractivity contribution >= 4 is 11.6 Å². The molecule has 6 nitrogen and oxygen atoms in total. The van der Waals surface area contributed by atoms with E-state index in [1.807, 2.05) is 17.9 Å². The van der Waals surface area contributed by atoms with Gasteiger partial charge in [-0.2, -0.15) is 0 Å². The lowest BCUT2D eigenvalue weighted by Crippen LogP contribution is -2.44. The Morgan fingerprint density at radius 2 is 2.18 bits per heavy atom. The van der Waals surface area contributed by atoms with E-state index in [1.165, 1.54) is 18.7 Å². The highest BCUT2D eigenvalue weighted by molar-refractivity contribution is 6.02. The third-order valence-corrected chi connectivity index (χ3v) is 4.36. The highest BCUT2D eigenvalue weighted by Gasteiger charge is 2.41. The number of phenols is 1. The summed E-state index contributed by atoms with van der Waals surface area (Å²) in [5.41, 5.74) is 2.26. The number of anilines is 1. The van der Waals surface area contributed by atoms with Crippen molar-refractivity contribution in [3.05, 3.63) is 29.3 Å². The first-order chi connectivity index (χ1) is 10.6. The summed E-state index contributed by atoms with van der Waals surface area (Å²) in [6, 6.07) is 3.02. The summed E-state index contributed by atoms with van der Waals surface area (Å²) in [6.45, 7) is 2.58. The maximum Gasteiger partial charge on any atom is 0.256 e. The quantitative estimate of drug-likeness (QED) is 0.817. The summed E-state index contributed by atoms with van der Waals surface area (Å²) < 4.78 is 10.7. The predicted molar refractivity (Wildman–Crippen MR) is 82.3 cm³/mol. The minimum absolute atomic E-state index is 0.00685. The van der Waals surface area contributed by atoms with Gasteiger partial charge >= 0.3 is 0 Å². The zero-order valence-electron chi connectivity index (χ0n) is 12.9. The fraction of sp³-hybridized carbons (Fsp3) is 0.438. The molecule has 3 rings (SSSR count). The van der Waals surface area contributed by atoms with Crippen molar-refractivity contribution in [2.24, 2.45) is 0 Å². The van der Waals surface area contributed by atoms with Crippen LogP contribution in [0.5, 0.6) is 11.5 Å². The van der Waals surface area contributed by atoms with Crippen molar-refractivity contribution in [3.63, 3.8) is 0 Å². The summed E-state index contributed by atoms with van der Waals surface area (Å²) in [5, 5.41) is 13.2. The first-order valence-electron chi connectivity index (χ1n) is 7.24. The number of hydrogen-bond acceptors (Lipinski definition) is 5. The fourth-order valence-corrected chi connectivity index (χ4v) is 3.13. The standard InChI is InChI=1S/C16H20N2O4/c1-4-9-5-12-15(22-3)17-11-7-13(19)14(21-2)6-10(11)16(20)18(12)8-9/h4,6-7,12,15,17,19H,5,8H2,1-3H3/t12-,15?/m0/s1. The van der Waals surface area contributed by atoms with Crippen molar-refractivity contribution in [3.8, 4) is 11.5 Å². The third-order valence-electron chi connectivity index (χ3n) is 4.36. The van der Waals surface area contributed by atoms with E-state index in [-0.39, 0.29) is 29.7 Å². The molecule has 1 saturated heterocycles. The Kier molecular flexibility index (Phi) is 3.70. The van der Waals surface area contributed by atoms with Crippen LogP contribution in [-0.2, 0) is 4.74 Å². The summed E-state index contributed by atoms with van der Waals surface area (Å²) in [5.74, 6) is 0.196. The normalized spacial score (nSPS) is 25.5. The Bertz CT molecular complexity index is 641. The SMILES string of the molecule is CC=C1C[C@H]2C(OC)Nc3cc(O)c(OC)cc3C(=O)N2C1. The molecule has 0 bridgehead atoms. The van der Waals surface area contributed by atoms with Crippen molar-refractivity contribution in [2.45, 2.75) is 25.6 Å². The van der Waals surface area contributed by atoms with Crippen LogP contribution in [0.1, 0.15) is 23.7 Å². The number of nitrogens with one attached hydrogen (secondary N) is 1. The largest absolute Gasteiger partial charge is 0.504 e. The number of fused-ring (bicyclic) bond motifs is 2. The molecule has 1 aromatic carbocycles. The van der Waals surface area contributed by atoms with Gasteiger partial charge in [-0.1, -0.05) is 11.6 Å². The molecule has 1 unspecified atom stereocenters. The van der Waals surface area contributed by atoms with Crippen LogP contribution in [-0.4, -0.2) is 48.9 Å². The number of allylic oxidation sites excluding steroid dienone is 1. The molecule has 1 aromatic rings. The second-order valence-corrected chi connectivity index (χ2v) is 5.52. The molecule has 6 heteroatoms. The molecule has 0 radical (unpaired) electrons. The Labute approximate surface area is 129 Å². The number of benzene rings is 1. The summed E-state index contributed by atoms with van der Waals surface area (Å²) in [7, 11) is 3.08. The van der Waals surface area contributed by atoms with E-state index in [1.54, 1.807) is 13.2 Å². The van der Waals surface area contributed by atoms with Crippen LogP contribution >= 0.6 is 0 Å². The molecule has 118 valence electrons. The molecule has 2 atom stereocenters. The van der Waals surface area contributed by atoms with Crippen LogP contribution in [0.15, 0.2) is 23.8 Å². The number of hydrogen-bond donors (Lipinski definition) is 2. The van der Waals surface area contributed by atoms with E-state index < -0.39 is 0 Å². The number of rotatable bonds is 2. The maximum atomic E-state index is 12.9. The molecular formula is C16H20N2O4. The molecule has 22 heavy (non-hydrogen) atoms. The van der Waals surface area contributed by atoms with Crippen LogP contribution < -0.4 is 10.1 Å². The molecule has 0 aliphatic carbocycles. The van der Waals surface area contributed by atoms with Crippen molar-refractivity contribution in [2.75, 3.05) is 26.1 Å². The Morgan fingerprint density at radius 1 is 1.41 bits per heavy atom. The van der Waals surface area contributed by atoms with Gasteiger partial charge in [0.05, 0.1) is 24.4 Å². The van der Waals surface area contributed by atoms with Gasteiger partial charge in [-0.25, -0.2) is 0 Å². The zero-order chi connectivity index (χ0) is 15.9. The van der Waals surface area contributed by atoms with Gasteiger partial charge in [0, 0.05) is 19.7 Å². The number of amides is 1. The lowest BCUT2D eigenvalue weighted by molar-refractivity contribution is 0.0420. The molecule has 2 N–H and O–H groups in total. The third kappa shape index (κ3) is 2.20. The van der Waals surface area contributed by atoms with E-state index in [0.29, 0.717) is 17.8 Å². The van der Waals surface area contributed by atoms with Crippen molar-refractivity contribution < 1.29 is 19.4 Å². The second kappa shape index (κ2) is 5.53. The number of aromatic hydroxyl groups is 1. The first kappa shape index (κ1) is 14.7. The van der Waals surface area contributed by atoms with Gasteiger partial charge in [0.1, 0.15) is 6.23 Å². The number of methoxy groups -OCH3 is 2. The van der Waals surface area contributed by atoms with Crippen LogP contribution in [0, 0.1) is 0 Å². The van der Waals surface area contributed by atoms with E-state index in [4.69, 9.17) is 9.47 Å². The lowest BCUT2D eigenvalue weighted by Gasteiger charge is -2.27. The van der Waals surface area contributed by atoms with Crippen LogP contribution in [0.4, 0.5) is 5.69 Å². The first-order valence-corrected chi connectivity index (χ1v) is 7.24. The van der Waals surface area contributed by atoms with Crippen LogP contribution in [0.2, 0.25) is 0 Å². The number of nitrogens with zero attached hydrogens (tertiary/aromatic N) is 1. The molecule has 0 saturated carbocycles. The number of carbonyl (C=O) groups excluding carboxylic acids is 1. The number of phenolic OH excluding ortho intramolecular Hbond substituents is 1. The number of carbonyl (C=O) groups is 1. The predicted octanol–water partition coefficient (Wildman–Crippen LogP) is 1.96. The van der Waals surface area contributed by atoms with Gasteiger partial charge in [-0.05, 0) is 19.4 Å². The van der Waals surface area contributed by atoms with Gasteiger partial charge < -0.3 is 24.8 Å². The average Bonchev–Trinajstić information content (AvgIpc) is 2.92. The minimum atomic E-state index is -0.324. The second-order valence-electron chi connectivity index (χ2n) is 5.52. The van der Waals surface area contributed by atoms with Gasteiger partial charge in [0.15, 0.2) is 11.5 Å². The van der Waals surface area contributed by atoms with E-state index in [0.717, 1.165) is 6.42 Å². The molecule has 2 heterocycles.